The first-order valence-electron chi connectivity index (χ1n) is 6.88. The van der Waals surface area contributed by atoms with Crippen LogP contribution in [0.15, 0.2) is 61.2 Å². The van der Waals surface area contributed by atoms with Crippen LogP contribution >= 0.6 is 0 Å². The normalized spacial score (nSPS) is 9.95. The number of hydrogen-bond donors (Lipinski definition) is 1. The number of ether oxygens (including phenoxy) is 1. The fourth-order valence-electron chi connectivity index (χ4n) is 2.01. The molecule has 0 spiro atoms. The number of nitrogens with one attached hydrogen (secondary N) is 1. The lowest BCUT2D eigenvalue weighted by Gasteiger charge is -2.11. The number of carbonyl (C=O) groups is 1. The summed E-state index contributed by atoms with van der Waals surface area (Å²) in [5, 5.41) is 2.85. The molecule has 0 saturated carbocycles. The van der Waals surface area contributed by atoms with Crippen LogP contribution in [0.2, 0.25) is 0 Å². The van der Waals surface area contributed by atoms with Gasteiger partial charge in [-0.3, -0.25) is 4.79 Å². The molecule has 108 valence electrons. The summed E-state index contributed by atoms with van der Waals surface area (Å²) >= 11 is 0. The first-order valence-corrected chi connectivity index (χ1v) is 6.88. The highest BCUT2D eigenvalue weighted by atomic mass is 16.5. The van der Waals surface area contributed by atoms with Gasteiger partial charge in [0.1, 0.15) is 5.75 Å². The zero-order valence-corrected chi connectivity index (χ0v) is 12.1. The molecule has 3 nitrogen and oxygen atoms in total. The molecule has 0 aliphatic carbocycles. The number of rotatable bonds is 6. The van der Waals surface area contributed by atoms with Crippen LogP contribution in [0.4, 0.5) is 5.69 Å². The summed E-state index contributed by atoms with van der Waals surface area (Å²) in [6, 6.07) is 15.3. The number of aryl methyl sites for hydroxylation is 1. The Balaban J connectivity index is 1.95. The van der Waals surface area contributed by atoms with E-state index >= 15 is 0 Å². The summed E-state index contributed by atoms with van der Waals surface area (Å²) in [7, 11) is 0. The van der Waals surface area contributed by atoms with E-state index in [9.17, 15) is 4.79 Å². The van der Waals surface area contributed by atoms with E-state index in [-0.39, 0.29) is 12.5 Å². The molecule has 1 amide bonds. The second kappa shape index (κ2) is 7.29. The molecule has 1 N–H and O–H groups in total. The lowest BCUT2D eigenvalue weighted by atomic mass is 10.1. The van der Waals surface area contributed by atoms with E-state index in [0.717, 1.165) is 29.0 Å². The third-order valence-corrected chi connectivity index (χ3v) is 3.11. The van der Waals surface area contributed by atoms with E-state index in [1.807, 2.05) is 61.5 Å². The third kappa shape index (κ3) is 4.21. The van der Waals surface area contributed by atoms with Crippen molar-refractivity contribution >= 4 is 11.6 Å². The van der Waals surface area contributed by atoms with Crippen LogP contribution < -0.4 is 10.1 Å². The van der Waals surface area contributed by atoms with Crippen LogP contribution in [0, 0.1) is 6.92 Å². The van der Waals surface area contributed by atoms with E-state index in [1.54, 1.807) is 0 Å². The van der Waals surface area contributed by atoms with Crippen molar-refractivity contribution in [1.82, 2.24) is 0 Å². The average molecular weight is 281 g/mol. The second-order valence-corrected chi connectivity index (χ2v) is 4.75. The summed E-state index contributed by atoms with van der Waals surface area (Å²) in [5.41, 5.74) is 2.86. The molecule has 0 atom stereocenters. The van der Waals surface area contributed by atoms with Crippen LogP contribution in [0.25, 0.3) is 0 Å². The lowest BCUT2D eigenvalue weighted by Crippen LogP contribution is -2.21. The van der Waals surface area contributed by atoms with Gasteiger partial charge >= 0.3 is 0 Å². The Hall–Kier alpha value is -2.55. The van der Waals surface area contributed by atoms with Gasteiger partial charge in [0.05, 0.1) is 0 Å². The summed E-state index contributed by atoms with van der Waals surface area (Å²) in [4.78, 5) is 12.0. The predicted molar refractivity (Wildman–Crippen MR) is 85.6 cm³/mol. The average Bonchev–Trinajstić information content (AvgIpc) is 2.49. The molecule has 0 saturated heterocycles. The summed E-state index contributed by atoms with van der Waals surface area (Å²) in [6.45, 7) is 5.67. The molecule has 2 aromatic carbocycles. The van der Waals surface area contributed by atoms with E-state index in [1.165, 1.54) is 0 Å². The van der Waals surface area contributed by atoms with Gasteiger partial charge in [-0.05, 0) is 36.6 Å². The van der Waals surface area contributed by atoms with Crippen LogP contribution in [0.3, 0.4) is 0 Å². The predicted octanol–water partition coefficient (Wildman–Crippen LogP) is 3.74. The maximum Gasteiger partial charge on any atom is 0.262 e. The van der Waals surface area contributed by atoms with Crippen molar-refractivity contribution in [3.63, 3.8) is 0 Å². The molecule has 21 heavy (non-hydrogen) atoms. The van der Waals surface area contributed by atoms with Crippen molar-refractivity contribution in [3.8, 4) is 5.75 Å². The van der Waals surface area contributed by atoms with Gasteiger partial charge in [0.25, 0.3) is 5.91 Å². The van der Waals surface area contributed by atoms with Crippen LogP contribution in [0.5, 0.6) is 5.75 Å². The fourth-order valence-corrected chi connectivity index (χ4v) is 2.01. The summed E-state index contributed by atoms with van der Waals surface area (Å²) in [5.74, 6) is 0.551. The van der Waals surface area contributed by atoms with Crippen molar-refractivity contribution in [1.29, 1.82) is 0 Å². The van der Waals surface area contributed by atoms with Crippen molar-refractivity contribution in [2.45, 2.75) is 13.3 Å². The van der Waals surface area contributed by atoms with Gasteiger partial charge in [0, 0.05) is 5.69 Å². The Morgan fingerprint density at radius 3 is 2.67 bits per heavy atom. The van der Waals surface area contributed by atoms with Crippen molar-refractivity contribution in [2.24, 2.45) is 0 Å². The second-order valence-electron chi connectivity index (χ2n) is 4.75. The topological polar surface area (TPSA) is 38.3 Å². The number of para-hydroxylation sites is 2. The number of carbonyl (C=O) groups excluding carboxylic acids is 1. The minimum absolute atomic E-state index is 0.0114. The van der Waals surface area contributed by atoms with Crippen molar-refractivity contribution in [3.05, 3.63) is 72.3 Å². The maximum atomic E-state index is 12.0. The first kappa shape index (κ1) is 14.9. The van der Waals surface area contributed by atoms with Crippen LogP contribution in [-0.2, 0) is 11.2 Å². The lowest BCUT2D eigenvalue weighted by molar-refractivity contribution is -0.118. The van der Waals surface area contributed by atoms with Gasteiger partial charge in [-0.25, -0.2) is 0 Å². The molecular formula is C18H19NO2. The van der Waals surface area contributed by atoms with Gasteiger partial charge in [0.2, 0.25) is 0 Å². The quantitative estimate of drug-likeness (QED) is 0.819. The highest BCUT2D eigenvalue weighted by molar-refractivity contribution is 5.92. The first-order chi connectivity index (χ1) is 10.2. The largest absolute Gasteiger partial charge is 0.483 e. The van der Waals surface area contributed by atoms with E-state index in [0.29, 0.717) is 0 Å². The minimum Gasteiger partial charge on any atom is -0.483 e. The molecule has 3 heteroatoms. The van der Waals surface area contributed by atoms with Crippen molar-refractivity contribution < 1.29 is 9.53 Å². The van der Waals surface area contributed by atoms with Gasteiger partial charge in [-0.15, -0.1) is 6.58 Å². The Morgan fingerprint density at radius 2 is 1.90 bits per heavy atom. The number of hydrogen-bond acceptors (Lipinski definition) is 2. The maximum absolute atomic E-state index is 12.0. The minimum atomic E-state index is -0.169. The fraction of sp³-hybridized carbons (Fsp3) is 0.167. The Bertz CT molecular complexity index is 635. The Labute approximate surface area is 125 Å². The SMILES string of the molecule is C=CCc1ccccc1OCC(=O)Nc1ccccc1C. The number of anilines is 1. The number of benzene rings is 2. The standard InChI is InChI=1S/C18H19NO2/c1-3-8-15-10-5-7-12-17(15)21-13-18(20)19-16-11-6-4-9-14(16)2/h3-7,9-12H,1,8,13H2,2H3,(H,19,20). The Morgan fingerprint density at radius 1 is 1.19 bits per heavy atom. The molecule has 0 aliphatic rings. The molecule has 0 aliphatic heterocycles. The van der Waals surface area contributed by atoms with Crippen LogP contribution in [-0.4, -0.2) is 12.5 Å². The molecule has 0 bridgehead atoms. The summed E-state index contributed by atoms with van der Waals surface area (Å²) in [6.07, 6.45) is 2.53. The van der Waals surface area contributed by atoms with Gasteiger partial charge in [-0.1, -0.05) is 42.5 Å². The monoisotopic (exact) mass is 281 g/mol. The molecular weight excluding hydrogens is 262 g/mol. The van der Waals surface area contributed by atoms with Gasteiger partial charge in [-0.2, -0.15) is 0 Å². The highest BCUT2D eigenvalue weighted by Crippen LogP contribution is 2.19. The zero-order valence-electron chi connectivity index (χ0n) is 12.1. The van der Waals surface area contributed by atoms with E-state index < -0.39 is 0 Å². The zero-order chi connectivity index (χ0) is 15.1. The summed E-state index contributed by atoms with van der Waals surface area (Å²) < 4.78 is 5.60. The molecule has 0 unspecified atom stereocenters. The highest BCUT2D eigenvalue weighted by Gasteiger charge is 2.07. The molecule has 2 rings (SSSR count). The molecule has 0 radical (unpaired) electrons. The van der Waals surface area contributed by atoms with Crippen molar-refractivity contribution in [2.75, 3.05) is 11.9 Å². The molecule has 0 fully saturated rings. The third-order valence-electron chi connectivity index (χ3n) is 3.11. The van der Waals surface area contributed by atoms with E-state index in [2.05, 4.69) is 11.9 Å². The molecule has 2 aromatic rings. The smallest absolute Gasteiger partial charge is 0.262 e. The Kier molecular flexibility index (Phi) is 5.16. The van der Waals surface area contributed by atoms with Gasteiger partial charge in [0.15, 0.2) is 6.61 Å². The van der Waals surface area contributed by atoms with E-state index in [4.69, 9.17) is 4.74 Å². The number of amides is 1. The van der Waals surface area contributed by atoms with Crippen LogP contribution in [0.1, 0.15) is 11.1 Å². The molecule has 0 heterocycles. The number of allylic oxidation sites excluding steroid dienone is 1. The van der Waals surface area contributed by atoms with Gasteiger partial charge < -0.3 is 10.1 Å². The molecule has 0 aromatic heterocycles.